The monoisotopic (exact) mass is 334 g/mol. The molecule has 0 atom stereocenters. The van der Waals surface area contributed by atoms with Crippen LogP contribution in [0.4, 0.5) is 5.13 Å². The van der Waals surface area contributed by atoms with Crippen LogP contribution in [0.15, 0.2) is 34.5 Å². The van der Waals surface area contributed by atoms with Gasteiger partial charge in [0, 0.05) is 16.2 Å². The molecule has 22 heavy (non-hydrogen) atoms. The fourth-order valence-electron chi connectivity index (χ4n) is 2.01. The van der Waals surface area contributed by atoms with Crippen LogP contribution >= 0.6 is 23.1 Å². The van der Waals surface area contributed by atoms with Gasteiger partial charge in [0.1, 0.15) is 5.75 Å². The highest BCUT2D eigenvalue weighted by molar-refractivity contribution is 8.00. The second-order valence-electron chi connectivity index (χ2n) is 5.09. The normalized spacial score (nSPS) is 13.9. The molecule has 0 spiro atoms. The van der Waals surface area contributed by atoms with Crippen molar-refractivity contribution in [2.75, 3.05) is 17.7 Å². The minimum Gasteiger partial charge on any atom is -0.494 e. The molecule has 0 radical (unpaired) electrons. The fourth-order valence-corrected chi connectivity index (χ4v) is 3.52. The van der Waals surface area contributed by atoms with Gasteiger partial charge in [0.25, 0.3) is 0 Å². The number of nitrogens with one attached hydrogen (secondary N) is 1. The van der Waals surface area contributed by atoms with Crippen molar-refractivity contribution in [2.24, 2.45) is 0 Å². The van der Waals surface area contributed by atoms with E-state index in [4.69, 9.17) is 4.74 Å². The average Bonchev–Trinajstić information content (AvgIpc) is 3.27. The molecule has 3 rings (SSSR count). The van der Waals surface area contributed by atoms with Crippen molar-refractivity contribution >= 4 is 34.1 Å². The quantitative estimate of drug-likeness (QED) is 0.773. The lowest BCUT2D eigenvalue weighted by Gasteiger charge is -2.05. The second-order valence-corrected chi connectivity index (χ2v) is 7.00. The minimum atomic E-state index is -0.0180. The van der Waals surface area contributed by atoms with Gasteiger partial charge < -0.3 is 10.1 Å². The Bertz CT molecular complexity index is 636. The predicted octanol–water partition coefficient (Wildman–Crippen LogP) is 4.15. The lowest BCUT2D eigenvalue weighted by atomic mass is 10.3. The zero-order valence-corrected chi connectivity index (χ0v) is 14.0. The molecule has 0 aliphatic heterocycles. The number of carbonyl (C=O) groups excluding carboxylic acids is 1. The summed E-state index contributed by atoms with van der Waals surface area (Å²) < 4.78 is 5.40. The number of thiazole rings is 1. The highest BCUT2D eigenvalue weighted by atomic mass is 32.2. The van der Waals surface area contributed by atoms with Crippen LogP contribution in [0.1, 0.15) is 31.4 Å². The van der Waals surface area contributed by atoms with Crippen molar-refractivity contribution in [3.63, 3.8) is 0 Å². The van der Waals surface area contributed by atoms with E-state index in [1.165, 1.54) is 35.9 Å². The third kappa shape index (κ3) is 4.24. The molecule has 2 aromatic rings. The molecule has 4 nitrogen and oxygen atoms in total. The summed E-state index contributed by atoms with van der Waals surface area (Å²) in [6, 6.07) is 7.79. The number of carbonyl (C=O) groups is 1. The molecule has 116 valence electrons. The lowest BCUT2D eigenvalue weighted by Crippen LogP contribution is -2.13. The summed E-state index contributed by atoms with van der Waals surface area (Å²) in [4.78, 5) is 17.5. The summed E-state index contributed by atoms with van der Waals surface area (Å²) in [5.74, 6) is 1.84. The van der Waals surface area contributed by atoms with Crippen LogP contribution in [-0.2, 0) is 4.79 Å². The molecule has 0 bridgehead atoms. The van der Waals surface area contributed by atoms with Gasteiger partial charge >= 0.3 is 0 Å². The maximum absolute atomic E-state index is 12.0. The van der Waals surface area contributed by atoms with Crippen molar-refractivity contribution in [3.05, 3.63) is 35.3 Å². The van der Waals surface area contributed by atoms with Crippen LogP contribution in [0.5, 0.6) is 5.75 Å². The topological polar surface area (TPSA) is 51.2 Å². The van der Waals surface area contributed by atoms with Crippen LogP contribution in [0.3, 0.4) is 0 Å². The Morgan fingerprint density at radius 2 is 2.18 bits per heavy atom. The van der Waals surface area contributed by atoms with Gasteiger partial charge in [-0.1, -0.05) is 0 Å². The van der Waals surface area contributed by atoms with E-state index in [1.54, 1.807) is 0 Å². The van der Waals surface area contributed by atoms with Gasteiger partial charge in [-0.05, 0) is 44.0 Å². The molecule has 1 saturated carbocycles. The molecule has 1 aliphatic rings. The van der Waals surface area contributed by atoms with Gasteiger partial charge in [-0.15, -0.1) is 23.1 Å². The predicted molar refractivity (Wildman–Crippen MR) is 91.1 cm³/mol. The highest BCUT2D eigenvalue weighted by Gasteiger charge is 2.26. The molecule has 1 amide bonds. The molecule has 1 heterocycles. The number of hydrogen-bond acceptors (Lipinski definition) is 5. The Balaban J connectivity index is 1.46. The molecule has 1 fully saturated rings. The maximum Gasteiger partial charge on any atom is 0.236 e. The molecule has 6 heteroatoms. The van der Waals surface area contributed by atoms with Gasteiger partial charge in [-0.25, -0.2) is 4.98 Å². The third-order valence-corrected chi connectivity index (χ3v) is 5.06. The molecule has 1 N–H and O–H groups in total. The molecular weight excluding hydrogens is 316 g/mol. The van der Waals surface area contributed by atoms with Crippen LogP contribution in [0.2, 0.25) is 0 Å². The Hall–Kier alpha value is -1.53. The highest BCUT2D eigenvalue weighted by Crippen LogP contribution is 2.40. The van der Waals surface area contributed by atoms with Gasteiger partial charge in [-0.3, -0.25) is 4.79 Å². The number of anilines is 1. The van der Waals surface area contributed by atoms with Crippen LogP contribution in [-0.4, -0.2) is 23.3 Å². The van der Waals surface area contributed by atoms with Gasteiger partial charge in [0.2, 0.25) is 5.91 Å². The Kier molecular flexibility index (Phi) is 5.00. The Morgan fingerprint density at radius 1 is 1.41 bits per heavy atom. The number of ether oxygens (including phenoxy) is 1. The molecule has 1 aromatic heterocycles. The number of nitrogens with zero attached hydrogens (tertiary/aromatic N) is 1. The van der Waals surface area contributed by atoms with E-state index in [9.17, 15) is 4.79 Å². The van der Waals surface area contributed by atoms with E-state index in [-0.39, 0.29) is 5.91 Å². The first-order valence-electron chi connectivity index (χ1n) is 7.35. The van der Waals surface area contributed by atoms with E-state index in [0.29, 0.717) is 23.4 Å². The molecule has 0 unspecified atom stereocenters. The number of hydrogen-bond donors (Lipinski definition) is 1. The summed E-state index contributed by atoms with van der Waals surface area (Å²) >= 11 is 3.02. The zero-order chi connectivity index (χ0) is 15.4. The number of amides is 1. The number of thioether (sulfide) groups is 1. The van der Waals surface area contributed by atoms with Crippen molar-refractivity contribution in [1.29, 1.82) is 0 Å². The van der Waals surface area contributed by atoms with Gasteiger partial charge in [-0.2, -0.15) is 0 Å². The average molecular weight is 334 g/mol. The number of benzene rings is 1. The lowest BCUT2D eigenvalue weighted by molar-refractivity contribution is -0.113. The van der Waals surface area contributed by atoms with E-state index in [0.717, 1.165) is 16.3 Å². The second kappa shape index (κ2) is 7.15. The smallest absolute Gasteiger partial charge is 0.236 e. The largest absolute Gasteiger partial charge is 0.494 e. The van der Waals surface area contributed by atoms with E-state index >= 15 is 0 Å². The summed E-state index contributed by atoms with van der Waals surface area (Å²) in [7, 11) is 0. The standard InChI is InChI=1S/C16H18N2O2S2/c1-2-20-12-5-7-13(8-6-12)21-10-15(19)18-16-17-14(9-22-16)11-3-4-11/h5-9,11H,2-4,10H2,1H3,(H,17,18,19). The summed E-state index contributed by atoms with van der Waals surface area (Å²) in [6.45, 7) is 2.62. The first-order chi connectivity index (χ1) is 10.7. The SMILES string of the molecule is CCOc1ccc(SCC(=O)Nc2nc(C3CC3)cs2)cc1. The molecule has 1 aliphatic carbocycles. The van der Waals surface area contributed by atoms with Crippen molar-refractivity contribution in [2.45, 2.75) is 30.6 Å². The Morgan fingerprint density at radius 3 is 2.86 bits per heavy atom. The maximum atomic E-state index is 12.0. The van der Waals surface area contributed by atoms with Crippen LogP contribution in [0.25, 0.3) is 0 Å². The number of rotatable bonds is 7. The zero-order valence-electron chi connectivity index (χ0n) is 12.4. The van der Waals surface area contributed by atoms with Crippen molar-refractivity contribution in [3.8, 4) is 5.75 Å². The van der Waals surface area contributed by atoms with E-state index in [2.05, 4.69) is 10.3 Å². The molecular formula is C16H18N2O2S2. The first kappa shape index (κ1) is 15.4. The van der Waals surface area contributed by atoms with E-state index < -0.39 is 0 Å². The fraction of sp³-hybridized carbons (Fsp3) is 0.375. The first-order valence-corrected chi connectivity index (χ1v) is 9.22. The van der Waals surface area contributed by atoms with Gasteiger partial charge in [0.15, 0.2) is 5.13 Å². The summed E-state index contributed by atoms with van der Waals surface area (Å²) in [5.41, 5.74) is 1.12. The number of aromatic nitrogens is 1. The van der Waals surface area contributed by atoms with E-state index in [1.807, 2.05) is 36.6 Å². The molecule has 1 aromatic carbocycles. The molecule has 0 saturated heterocycles. The third-order valence-electron chi connectivity index (χ3n) is 3.27. The van der Waals surface area contributed by atoms with Gasteiger partial charge in [0.05, 0.1) is 18.1 Å². The summed E-state index contributed by atoms with van der Waals surface area (Å²) in [5, 5.41) is 5.63. The van der Waals surface area contributed by atoms with Crippen molar-refractivity contribution < 1.29 is 9.53 Å². The van der Waals surface area contributed by atoms with Crippen LogP contribution in [0, 0.1) is 0 Å². The Labute approximate surface area is 138 Å². The summed E-state index contributed by atoms with van der Waals surface area (Å²) in [6.07, 6.45) is 2.45. The van der Waals surface area contributed by atoms with Crippen LogP contribution < -0.4 is 10.1 Å². The minimum absolute atomic E-state index is 0.0180. The van der Waals surface area contributed by atoms with Crippen molar-refractivity contribution in [1.82, 2.24) is 4.98 Å².